The molecule has 5 heteroatoms. The monoisotopic (exact) mass is 312 g/mol. The first-order valence-corrected chi connectivity index (χ1v) is 8.86. The van der Waals surface area contributed by atoms with Crippen molar-refractivity contribution in [3.05, 3.63) is 0 Å². The number of hydrogen-bond donors (Lipinski definition) is 2. The van der Waals surface area contributed by atoms with Crippen LogP contribution in [0.2, 0.25) is 0 Å². The SMILES string of the molecule is CCOCCC1(CNC(=NC)NCCN(C)CC)CCCC1. The van der Waals surface area contributed by atoms with Crippen LogP contribution in [0.25, 0.3) is 0 Å². The molecule has 0 atom stereocenters. The number of rotatable bonds is 10. The Morgan fingerprint density at radius 3 is 2.55 bits per heavy atom. The third-order valence-electron chi connectivity index (χ3n) is 4.83. The number of aliphatic imine (C=N–C) groups is 1. The third-order valence-corrected chi connectivity index (χ3v) is 4.83. The van der Waals surface area contributed by atoms with Crippen molar-refractivity contribution in [2.75, 3.05) is 53.5 Å². The van der Waals surface area contributed by atoms with E-state index in [0.29, 0.717) is 5.41 Å². The van der Waals surface area contributed by atoms with Crippen LogP contribution in [0.5, 0.6) is 0 Å². The zero-order valence-corrected chi connectivity index (χ0v) is 15.1. The Hall–Kier alpha value is -0.810. The van der Waals surface area contributed by atoms with Crippen molar-refractivity contribution in [3.8, 4) is 0 Å². The number of nitrogens with zero attached hydrogens (tertiary/aromatic N) is 2. The van der Waals surface area contributed by atoms with Crippen LogP contribution in [0.3, 0.4) is 0 Å². The van der Waals surface area contributed by atoms with Crippen LogP contribution in [0.1, 0.15) is 46.0 Å². The van der Waals surface area contributed by atoms with Gasteiger partial charge in [-0.05, 0) is 45.2 Å². The molecule has 0 aliphatic heterocycles. The second-order valence-corrected chi connectivity index (χ2v) is 6.40. The van der Waals surface area contributed by atoms with Gasteiger partial charge in [-0.2, -0.15) is 0 Å². The maximum Gasteiger partial charge on any atom is 0.191 e. The molecular weight excluding hydrogens is 276 g/mol. The molecule has 0 radical (unpaired) electrons. The molecular formula is C17H36N4O. The van der Waals surface area contributed by atoms with Gasteiger partial charge < -0.3 is 20.3 Å². The van der Waals surface area contributed by atoms with Crippen LogP contribution in [0.4, 0.5) is 0 Å². The van der Waals surface area contributed by atoms with Gasteiger partial charge in [0.25, 0.3) is 0 Å². The van der Waals surface area contributed by atoms with E-state index in [1.54, 1.807) is 0 Å². The molecule has 0 saturated heterocycles. The van der Waals surface area contributed by atoms with E-state index in [1.807, 2.05) is 7.05 Å². The van der Waals surface area contributed by atoms with E-state index in [4.69, 9.17) is 4.74 Å². The molecule has 0 aromatic carbocycles. The molecule has 0 amide bonds. The summed E-state index contributed by atoms with van der Waals surface area (Å²) in [5.74, 6) is 0.923. The van der Waals surface area contributed by atoms with Gasteiger partial charge >= 0.3 is 0 Å². The van der Waals surface area contributed by atoms with Crippen molar-refractivity contribution in [3.63, 3.8) is 0 Å². The maximum atomic E-state index is 5.58. The summed E-state index contributed by atoms with van der Waals surface area (Å²) in [6.07, 6.45) is 6.47. The van der Waals surface area contributed by atoms with Gasteiger partial charge in [0.2, 0.25) is 0 Å². The highest BCUT2D eigenvalue weighted by Gasteiger charge is 2.33. The van der Waals surface area contributed by atoms with Gasteiger partial charge in [0.1, 0.15) is 0 Å². The minimum Gasteiger partial charge on any atom is -0.382 e. The predicted octanol–water partition coefficient (Wildman–Crippen LogP) is 2.09. The highest BCUT2D eigenvalue weighted by molar-refractivity contribution is 5.79. The molecule has 0 bridgehead atoms. The lowest BCUT2D eigenvalue weighted by atomic mass is 9.83. The van der Waals surface area contributed by atoms with E-state index in [1.165, 1.54) is 25.7 Å². The summed E-state index contributed by atoms with van der Waals surface area (Å²) >= 11 is 0. The van der Waals surface area contributed by atoms with Crippen LogP contribution in [-0.4, -0.2) is 64.3 Å². The van der Waals surface area contributed by atoms with Crippen LogP contribution < -0.4 is 10.6 Å². The molecule has 0 aromatic rings. The van der Waals surface area contributed by atoms with Gasteiger partial charge in [-0.3, -0.25) is 4.99 Å². The van der Waals surface area contributed by atoms with Crippen LogP contribution in [-0.2, 0) is 4.74 Å². The Morgan fingerprint density at radius 1 is 1.23 bits per heavy atom. The Balaban J connectivity index is 2.35. The van der Waals surface area contributed by atoms with Gasteiger partial charge in [-0.15, -0.1) is 0 Å². The molecule has 1 aliphatic carbocycles. The highest BCUT2D eigenvalue weighted by atomic mass is 16.5. The van der Waals surface area contributed by atoms with Crippen molar-refractivity contribution in [1.29, 1.82) is 0 Å². The van der Waals surface area contributed by atoms with E-state index in [9.17, 15) is 0 Å². The van der Waals surface area contributed by atoms with Gasteiger partial charge in [0.05, 0.1) is 0 Å². The van der Waals surface area contributed by atoms with Crippen molar-refractivity contribution in [2.24, 2.45) is 10.4 Å². The Morgan fingerprint density at radius 2 is 1.95 bits per heavy atom. The summed E-state index contributed by atoms with van der Waals surface area (Å²) in [5.41, 5.74) is 0.396. The van der Waals surface area contributed by atoms with Crippen LogP contribution in [0, 0.1) is 5.41 Å². The fourth-order valence-electron chi connectivity index (χ4n) is 3.09. The molecule has 1 fully saturated rings. The standard InChI is InChI=1S/C17H36N4O/c1-5-21(4)13-12-19-16(18-3)20-15-17(9-7-8-10-17)11-14-22-6-2/h5-15H2,1-4H3,(H2,18,19,20). The third kappa shape index (κ3) is 6.97. The first-order chi connectivity index (χ1) is 10.7. The molecule has 0 spiro atoms. The van der Waals surface area contributed by atoms with Crippen molar-refractivity contribution < 1.29 is 4.74 Å². The molecule has 0 unspecified atom stereocenters. The number of nitrogens with one attached hydrogen (secondary N) is 2. The maximum absolute atomic E-state index is 5.58. The molecule has 2 N–H and O–H groups in total. The summed E-state index contributed by atoms with van der Waals surface area (Å²) in [5, 5.41) is 6.94. The van der Waals surface area contributed by atoms with E-state index in [0.717, 1.165) is 51.8 Å². The lowest BCUT2D eigenvalue weighted by Crippen LogP contribution is -2.45. The summed E-state index contributed by atoms with van der Waals surface area (Å²) in [6.45, 7) is 9.98. The van der Waals surface area contributed by atoms with Gasteiger partial charge in [0.15, 0.2) is 5.96 Å². The lowest BCUT2D eigenvalue weighted by molar-refractivity contribution is 0.105. The fourth-order valence-corrected chi connectivity index (χ4v) is 3.09. The van der Waals surface area contributed by atoms with Gasteiger partial charge in [-0.1, -0.05) is 19.8 Å². The normalized spacial score (nSPS) is 18.0. The average Bonchev–Trinajstić information content (AvgIpc) is 2.99. The van der Waals surface area contributed by atoms with E-state index < -0.39 is 0 Å². The topological polar surface area (TPSA) is 48.9 Å². The lowest BCUT2D eigenvalue weighted by Gasteiger charge is -2.30. The van der Waals surface area contributed by atoms with Gasteiger partial charge in [-0.25, -0.2) is 0 Å². The number of guanidine groups is 1. The van der Waals surface area contributed by atoms with Crippen molar-refractivity contribution >= 4 is 5.96 Å². The minimum atomic E-state index is 0.396. The zero-order valence-electron chi connectivity index (χ0n) is 15.1. The Kier molecular flexibility index (Phi) is 9.48. The summed E-state index contributed by atoms with van der Waals surface area (Å²) in [6, 6.07) is 0. The molecule has 1 saturated carbocycles. The van der Waals surface area contributed by atoms with E-state index in [2.05, 4.69) is 41.4 Å². The van der Waals surface area contributed by atoms with Gasteiger partial charge in [0, 0.05) is 39.9 Å². The van der Waals surface area contributed by atoms with Crippen LogP contribution in [0.15, 0.2) is 4.99 Å². The van der Waals surface area contributed by atoms with Crippen LogP contribution >= 0.6 is 0 Å². The first-order valence-electron chi connectivity index (χ1n) is 8.86. The summed E-state index contributed by atoms with van der Waals surface area (Å²) in [7, 11) is 3.99. The van der Waals surface area contributed by atoms with Crippen molar-refractivity contribution in [1.82, 2.24) is 15.5 Å². The second kappa shape index (κ2) is 10.8. The molecule has 1 rings (SSSR count). The Labute approximate surface area is 136 Å². The minimum absolute atomic E-state index is 0.396. The quantitative estimate of drug-likeness (QED) is 0.368. The largest absolute Gasteiger partial charge is 0.382 e. The average molecular weight is 313 g/mol. The Bertz CT molecular complexity index is 314. The molecule has 130 valence electrons. The number of likely N-dealkylation sites (N-methyl/N-ethyl adjacent to an activating group) is 1. The van der Waals surface area contributed by atoms with E-state index >= 15 is 0 Å². The zero-order chi connectivity index (χ0) is 16.3. The van der Waals surface area contributed by atoms with Crippen molar-refractivity contribution in [2.45, 2.75) is 46.0 Å². The fraction of sp³-hybridized carbons (Fsp3) is 0.941. The molecule has 1 aliphatic rings. The van der Waals surface area contributed by atoms with E-state index in [-0.39, 0.29) is 0 Å². The summed E-state index contributed by atoms with van der Waals surface area (Å²) < 4.78 is 5.58. The number of hydrogen-bond acceptors (Lipinski definition) is 3. The number of ether oxygens (including phenoxy) is 1. The molecule has 0 aromatic heterocycles. The first kappa shape index (κ1) is 19.2. The molecule has 0 heterocycles. The second-order valence-electron chi connectivity index (χ2n) is 6.40. The smallest absolute Gasteiger partial charge is 0.191 e. The predicted molar refractivity (Wildman–Crippen MR) is 94.5 cm³/mol. The molecule has 22 heavy (non-hydrogen) atoms. The molecule has 5 nitrogen and oxygen atoms in total. The summed E-state index contributed by atoms with van der Waals surface area (Å²) in [4.78, 5) is 6.64. The highest BCUT2D eigenvalue weighted by Crippen LogP contribution is 2.40.